The van der Waals surface area contributed by atoms with Crippen molar-refractivity contribution < 1.29 is 10.0 Å². The van der Waals surface area contributed by atoms with Gasteiger partial charge in [0.2, 0.25) is 0 Å². The fourth-order valence-corrected chi connectivity index (χ4v) is 4.89. The van der Waals surface area contributed by atoms with Crippen LogP contribution in [0.3, 0.4) is 0 Å². The minimum Gasteiger partial charge on any atom is -0.350 e. The third-order valence-electron chi connectivity index (χ3n) is 2.96. The predicted molar refractivity (Wildman–Crippen MR) is 78.9 cm³/mol. The third kappa shape index (κ3) is 4.12. The van der Waals surface area contributed by atoms with E-state index in [0.29, 0.717) is 23.4 Å². The van der Waals surface area contributed by atoms with Gasteiger partial charge in [0.25, 0.3) is 0 Å². The highest BCUT2D eigenvalue weighted by Gasteiger charge is 2.41. The molecule has 4 nitrogen and oxygen atoms in total. The van der Waals surface area contributed by atoms with E-state index < -0.39 is 6.03 Å². The number of nitrogens with two attached hydrogens (primary N) is 1. The number of urea groups is 1. The zero-order valence-electron chi connectivity index (χ0n) is 11.4. The molecule has 2 unspecified atom stereocenters. The first-order valence-corrected chi connectivity index (χ1v) is 7.94. The number of hydrogen-bond acceptors (Lipinski definition) is 4. The maximum Gasteiger partial charge on any atom is 0.338 e. The van der Waals surface area contributed by atoms with Crippen LogP contribution in [0.2, 0.25) is 0 Å². The molecule has 2 rings (SSSR count). The Labute approximate surface area is 121 Å². The van der Waals surface area contributed by atoms with Crippen LogP contribution >= 0.6 is 23.1 Å². The molecule has 1 fully saturated rings. The lowest BCUT2D eigenvalue weighted by molar-refractivity contribution is -0.0431. The third-order valence-corrected chi connectivity index (χ3v) is 5.42. The maximum atomic E-state index is 10.8. The van der Waals surface area contributed by atoms with E-state index in [1.165, 1.54) is 9.09 Å². The highest BCUT2D eigenvalue weighted by molar-refractivity contribution is 8.02. The Morgan fingerprint density at radius 2 is 2.26 bits per heavy atom. The minimum atomic E-state index is -0.777. The molecule has 2 amide bonds. The van der Waals surface area contributed by atoms with Gasteiger partial charge in [0, 0.05) is 9.62 Å². The summed E-state index contributed by atoms with van der Waals surface area (Å²) in [7, 11) is 0. The van der Waals surface area contributed by atoms with E-state index in [-0.39, 0.29) is 4.75 Å². The second kappa shape index (κ2) is 5.34. The lowest BCUT2D eigenvalue weighted by atomic mass is 10.2. The van der Waals surface area contributed by atoms with Crippen LogP contribution in [0.15, 0.2) is 16.3 Å². The van der Waals surface area contributed by atoms with Gasteiger partial charge < -0.3 is 5.73 Å². The number of thiophene rings is 1. The molecule has 2 atom stereocenters. The summed E-state index contributed by atoms with van der Waals surface area (Å²) in [6.45, 7) is 6.94. The summed E-state index contributed by atoms with van der Waals surface area (Å²) in [5, 5.41) is 9.93. The quantitative estimate of drug-likeness (QED) is 0.508. The van der Waals surface area contributed by atoms with Gasteiger partial charge in [-0.25, -0.2) is 9.86 Å². The molecule has 3 N–H and O–H groups in total. The Balaban J connectivity index is 1.90. The number of carbonyl (C=O) groups excluding carboxylic acids is 1. The van der Waals surface area contributed by atoms with Gasteiger partial charge in [0.05, 0.1) is 10.8 Å². The smallest absolute Gasteiger partial charge is 0.338 e. The van der Waals surface area contributed by atoms with Crippen LogP contribution in [0.5, 0.6) is 0 Å². The second-order valence-corrected chi connectivity index (χ2v) is 9.14. The molecule has 1 aliphatic rings. The van der Waals surface area contributed by atoms with Crippen molar-refractivity contribution in [1.82, 2.24) is 5.06 Å². The second-order valence-electron chi connectivity index (χ2n) is 5.89. The average molecular weight is 300 g/mol. The fraction of sp³-hybridized carbons (Fsp3) is 0.615. The Hall–Kier alpha value is -0.720. The normalized spacial score (nSPS) is 22.3. The Morgan fingerprint density at radius 3 is 2.84 bits per heavy atom. The van der Waals surface area contributed by atoms with Gasteiger partial charge in [-0.15, -0.1) is 23.1 Å². The van der Waals surface area contributed by atoms with E-state index in [2.05, 4.69) is 32.9 Å². The fourth-order valence-electron chi connectivity index (χ4n) is 2.00. The zero-order valence-corrected chi connectivity index (χ0v) is 13.1. The summed E-state index contributed by atoms with van der Waals surface area (Å²) >= 11 is 3.69. The molecular formula is C13H20N2O2S2. The lowest BCUT2D eigenvalue weighted by Crippen LogP contribution is -2.34. The molecule has 0 spiro atoms. The molecule has 19 heavy (non-hydrogen) atoms. The largest absolute Gasteiger partial charge is 0.350 e. The maximum absolute atomic E-state index is 10.8. The van der Waals surface area contributed by atoms with Crippen molar-refractivity contribution in [3.63, 3.8) is 0 Å². The molecule has 6 heteroatoms. The highest BCUT2D eigenvalue weighted by atomic mass is 32.2. The molecule has 1 aromatic heterocycles. The molecule has 0 saturated heterocycles. The van der Waals surface area contributed by atoms with Gasteiger partial charge in [-0.3, -0.25) is 5.21 Å². The number of primary amides is 1. The number of carbonyl (C=O) groups is 1. The number of rotatable bonds is 4. The number of hydrogen-bond donors (Lipinski definition) is 2. The van der Waals surface area contributed by atoms with Crippen molar-refractivity contribution in [3.05, 3.63) is 17.0 Å². The van der Waals surface area contributed by atoms with Crippen molar-refractivity contribution in [2.24, 2.45) is 11.7 Å². The van der Waals surface area contributed by atoms with Gasteiger partial charge in [-0.2, -0.15) is 0 Å². The van der Waals surface area contributed by atoms with E-state index in [1.807, 2.05) is 23.1 Å². The van der Waals surface area contributed by atoms with Crippen LogP contribution < -0.4 is 5.73 Å². The molecular weight excluding hydrogens is 280 g/mol. The minimum absolute atomic E-state index is 0.221. The molecule has 1 aliphatic carbocycles. The number of hydroxylamine groups is 2. The van der Waals surface area contributed by atoms with Crippen molar-refractivity contribution in [2.45, 2.75) is 42.1 Å². The number of amides is 2. The summed E-state index contributed by atoms with van der Waals surface area (Å²) in [6.07, 6.45) is 1.02. The molecule has 0 radical (unpaired) electrons. The summed E-state index contributed by atoms with van der Waals surface area (Å²) in [5.74, 6) is 0.803. The van der Waals surface area contributed by atoms with E-state index in [0.717, 1.165) is 6.42 Å². The van der Waals surface area contributed by atoms with Crippen LogP contribution in [-0.4, -0.2) is 27.6 Å². The first-order chi connectivity index (χ1) is 8.76. The standard InChI is InChI=1S/C13H20N2O2S2/c1-13(2,3)19-11-5-4-10(18-11)9-6-8(9)7-15(17)12(14)16/h4-5,8-9,17H,6-7H2,1-3H3,(H2,14,16). The van der Waals surface area contributed by atoms with Crippen LogP contribution in [0.4, 0.5) is 4.79 Å². The van der Waals surface area contributed by atoms with Crippen LogP contribution in [0, 0.1) is 5.92 Å². The Kier molecular flexibility index (Phi) is 4.13. The van der Waals surface area contributed by atoms with Crippen molar-refractivity contribution in [2.75, 3.05) is 6.54 Å². The monoisotopic (exact) mass is 300 g/mol. The van der Waals surface area contributed by atoms with E-state index in [4.69, 9.17) is 5.73 Å². The van der Waals surface area contributed by atoms with E-state index >= 15 is 0 Å². The first kappa shape index (κ1) is 14.7. The molecule has 0 aromatic carbocycles. The summed E-state index contributed by atoms with van der Waals surface area (Å²) in [4.78, 5) is 12.1. The predicted octanol–water partition coefficient (Wildman–Crippen LogP) is 3.51. The first-order valence-electron chi connectivity index (χ1n) is 6.31. The Bertz CT molecular complexity index is 467. The van der Waals surface area contributed by atoms with Gasteiger partial charge >= 0.3 is 6.03 Å². The van der Waals surface area contributed by atoms with E-state index in [1.54, 1.807) is 0 Å². The van der Waals surface area contributed by atoms with Gasteiger partial charge in [0.1, 0.15) is 0 Å². The van der Waals surface area contributed by atoms with Gasteiger partial charge in [-0.05, 0) is 30.4 Å². The number of thioether (sulfide) groups is 1. The molecule has 106 valence electrons. The highest BCUT2D eigenvalue weighted by Crippen LogP contribution is 2.51. The van der Waals surface area contributed by atoms with Gasteiger partial charge in [0.15, 0.2) is 0 Å². The van der Waals surface area contributed by atoms with Crippen molar-refractivity contribution >= 4 is 29.1 Å². The van der Waals surface area contributed by atoms with Crippen molar-refractivity contribution in [1.29, 1.82) is 0 Å². The van der Waals surface area contributed by atoms with Gasteiger partial charge in [-0.1, -0.05) is 20.8 Å². The molecule has 1 aromatic rings. The summed E-state index contributed by atoms with van der Waals surface area (Å²) < 4.78 is 1.54. The van der Waals surface area contributed by atoms with Crippen molar-refractivity contribution in [3.8, 4) is 0 Å². The molecule has 1 saturated carbocycles. The lowest BCUT2D eigenvalue weighted by Gasteiger charge is -2.15. The van der Waals surface area contributed by atoms with Crippen LogP contribution in [-0.2, 0) is 0 Å². The topological polar surface area (TPSA) is 66.6 Å². The average Bonchev–Trinajstić information content (AvgIpc) is 2.86. The Morgan fingerprint density at radius 1 is 1.58 bits per heavy atom. The SMILES string of the molecule is CC(C)(C)Sc1ccc(C2CC2CN(O)C(N)=O)s1. The molecule has 0 aliphatic heterocycles. The number of nitrogens with zero attached hydrogens (tertiary/aromatic N) is 1. The van der Waals surface area contributed by atoms with Crippen LogP contribution in [0.1, 0.15) is 38.0 Å². The molecule has 0 bridgehead atoms. The summed E-state index contributed by atoms with van der Waals surface area (Å²) in [5.41, 5.74) is 5.01. The van der Waals surface area contributed by atoms with E-state index in [9.17, 15) is 10.0 Å². The zero-order chi connectivity index (χ0) is 14.2. The van der Waals surface area contributed by atoms with Crippen LogP contribution in [0.25, 0.3) is 0 Å². The molecule has 1 heterocycles. The summed E-state index contributed by atoms with van der Waals surface area (Å²) in [6, 6.07) is 3.55.